The van der Waals surface area contributed by atoms with Crippen molar-refractivity contribution in [1.29, 1.82) is 0 Å². The zero-order valence-corrected chi connectivity index (χ0v) is 12.0. The Labute approximate surface area is 124 Å². The minimum Gasteiger partial charge on any atom is -0.316 e. The Hall–Kier alpha value is -1.74. The van der Waals surface area contributed by atoms with Crippen molar-refractivity contribution in [3.8, 4) is 0 Å². The first-order valence-corrected chi connectivity index (χ1v) is 7.34. The van der Waals surface area contributed by atoms with Crippen LogP contribution in [0.5, 0.6) is 0 Å². The van der Waals surface area contributed by atoms with Gasteiger partial charge in [-0.2, -0.15) is 0 Å². The van der Waals surface area contributed by atoms with Crippen molar-refractivity contribution in [2.45, 2.75) is 24.8 Å². The third-order valence-corrected chi connectivity index (χ3v) is 4.33. The predicted octanol–water partition coefficient (Wildman–Crippen LogP) is 3.90. The van der Waals surface area contributed by atoms with Gasteiger partial charge >= 0.3 is 0 Å². The van der Waals surface area contributed by atoms with E-state index in [2.05, 4.69) is 29.6 Å². The molecule has 1 N–H and O–H groups in total. The fourth-order valence-electron chi connectivity index (χ4n) is 3.19. The molecule has 2 aromatic carbocycles. The van der Waals surface area contributed by atoms with Crippen LogP contribution in [0.15, 0.2) is 48.5 Å². The summed E-state index contributed by atoms with van der Waals surface area (Å²) < 4.78 is 26.6. The molecule has 3 heteroatoms. The van der Waals surface area contributed by atoms with Gasteiger partial charge in [0.15, 0.2) is 0 Å². The summed E-state index contributed by atoms with van der Waals surface area (Å²) in [5.74, 6) is 0.0799. The Morgan fingerprint density at radius 2 is 1.76 bits per heavy atom. The summed E-state index contributed by atoms with van der Waals surface area (Å²) in [6.45, 7) is 0. The quantitative estimate of drug-likeness (QED) is 0.879. The fraction of sp³-hybridized carbons (Fsp3) is 0.333. The van der Waals surface area contributed by atoms with Crippen LogP contribution in [0.2, 0.25) is 0 Å². The molecule has 2 aromatic rings. The van der Waals surface area contributed by atoms with Gasteiger partial charge in [-0.05, 0) is 55.0 Å². The molecule has 0 amide bonds. The van der Waals surface area contributed by atoms with Crippen molar-refractivity contribution in [2.75, 3.05) is 7.05 Å². The summed E-state index contributed by atoms with van der Waals surface area (Å²) in [6, 6.07) is 14.5. The Morgan fingerprint density at radius 1 is 1.10 bits per heavy atom. The van der Waals surface area contributed by atoms with Gasteiger partial charge in [0, 0.05) is 12.1 Å². The van der Waals surface area contributed by atoms with Crippen LogP contribution < -0.4 is 5.32 Å². The molecule has 3 rings (SSSR count). The van der Waals surface area contributed by atoms with E-state index in [0.717, 1.165) is 12.5 Å². The maximum Gasteiger partial charge on any atom is 0.126 e. The number of halogens is 2. The molecule has 21 heavy (non-hydrogen) atoms. The number of hydrogen-bond donors (Lipinski definition) is 1. The van der Waals surface area contributed by atoms with E-state index >= 15 is 0 Å². The Kier molecular flexibility index (Phi) is 4.02. The number of benzene rings is 2. The van der Waals surface area contributed by atoms with Crippen LogP contribution >= 0.6 is 0 Å². The van der Waals surface area contributed by atoms with E-state index < -0.39 is 11.6 Å². The van der Waals surface area contributed by atoms with Gasteiger partial charge in [0.1, 0.15) is 11.6 Å². The van der Waals surface area contributed by atoms with Gasteiger partial charge in [0.2, 0.25) is 0 Å². The van der Waals surface area contributed by atoms with E-state index in [9.17, 15) is 8.78 Å². The van der Waals surface area contributed by atoms with Crippen LogP contribution in [0.3, 0.4) is 0 Å². The van der Waals surface area contributed by atoms with E-state index in [0.29, 0.717) is 23.8 Å². The lowest BCUT2D eigenvalue weighted by Gasteiger charge is -2.16. The first kappa shape index (κ1) is 14.2. The highest BCUT2D eigenvalue weighted by Crippen LogP contribution is 2.49. The van der Waals surface area contributed by atoms with Crippen LogP contribution in [0.25, 0.3) is 0 Å². The fourth-order valence-corrected chi connectivity index (χ4v) is 3.19. The molecule has 0 spiro atoms. The van der Waals surface area contributed by atoms with E-state index in [1.54, 1.807) is 0 Å². The molecule has 3 unspecified atom stereocenters. The average Bonchev–Trinajstić information content (AvgIpc) is 3.25. The van der Waals surface area contributed by atoms with Crippen LogP contribution in [0, 0.1) is 17.6 Å². The van der Waals surface area contributed by atoms with Crippen molar-refractivity contribution < 1.29 is 8.78 Å². The Balaban J connectivity index is 1.69. The first-order valence-electron chi connectivity index (χ1n) is 7.34. The molecular weight excluding hydrogens is 268 g/mol. The van der Waals surface area contributed by atoms with Crippen LogP contribution in [0.1, 0.15) is 23.5 Å². The second kappa shape index (κ2) is 5.94. The largest absolute Gasteiger partial charge is 0.316 e. The normalized spacial score (nSPS) is 22.0. The number of hydrogen-bond acceptors (Lipinski definition) is 1. The summed E-state index contributed by atoms with van der Waals surface area (Å²) in [5.41, 5.74) is 2.07. The van der Waals surface area contributed by atoms with E-state index in [-0.39, 0.29) is 6.04 Å². The number of likely N-dealkylation sites (N-methyl/N-ethyl adjacent to an activating group) is 1. The molecule has 1 saturated carbocycles. The van der Waals surface area contributed by atoms with Crippen LogP contribution in [0.4, 0.5) is 8.78 Å². The highest BCUT2D eigenvalue weighted by Gasteiger charge is 2.43. The van der Waals surface area contributed by atoms with Gasteiger partial charge in [-0.25, -0.2) is 8.78 Å². The van der Waals surface area contributed by atoms with Crippen molar-refractivity contribution >= 4 is 0 Å². The van der Waals surface area contributed by atoms with Gasteiger partial charge in [-0.15, -0.1) is 0 Å². The lowest BCUT2D eigenvalue weighted by Crippen LogP contribution is -2.30. The SMILES string of the molecule is CNC(Cc1cc(F)cc(F)c1)C1CC1c1ccccc1. The molecule has 0 aromatic heterocycles. The van der Waals surface area contributed by atoms with Crippen molar-refractivity contribution in [2.24, 2.45) is 5.92 Å². The Bertz CT molecular complexity index is 592. The van der Waals surface area contributed by atoms with Gasteiger partial charge in [-0.1, -0.05) is 30.3 Å². The monoisotopic (exact) mass is 287 g/mol. The molecule has 1 fully saturated rings. The van der Waals surface area contributed by atoms with E-state index in [1.807, 2.05) is 13.1 Å². The van der Waals surface area contributed by atoms with Gasteiger partial charge in [-0.3, -0.25) is 0 Å². The second-order valence-corrected chi connectivity index (χ2v) is 5.79. The molecule has 0 bridgehead atoms. The maximum atomic E-state index is 13.3. The Morgan fingerprint density at radius 3 is 2.38 bits per heavy atom. The van der Waals surface area contributed by atoms with Gasteiger partial charge in [0.05, 0.1) is 0 Å². The summed E-state index contributed by atoms with van der Waals surface area (Å²) in [4.78, 5) is 0. The highest BCUT2D eigenvalue weighted by atomic mass is 19.1. The van der Waals surface area contributed by atoms with Crippen molar-refractivity contribution in [3.05, 3.63) is 71.3 Å². The van der Waals surface area contributed by atoms with Crippen LogP contribution in [-0.2, 0) is 6.42 Å². The lowest BCUT2D eigenvalue weighted by atomic mass is 9.99. The van der Waals surface area contributed by atoms with E-state index in [4.69, 9.17) is 0 Å². The van der Waals surface area contributed by atoms with Crippen LogP contribution in [-0.4, -0.2) is 13.1 Å². The summed E-state index contributed by atoms with van der Waals surface area (Å²) in [6.07, 6.45) is 1.78. The lowest BCUT2D eigenvalue weighted by molar-refractivity contribution is 0.487. The minimum absolute atomic E-state index is 0.247. The molecule has 1 nitrogen and oxygen atoms in total. The molecule has 110 valence electrons. The van der Waals surface area contributed by atoms with Crippen molar-refractivity contribution in [1.82, 2.24) is 5.32 Å². The minimum atomic E-state index is -0.504. The third kappa shape index (κ3) is 3.30. The smallest absolute Gasteiger partial charge is 0.126 e. The average molecular weight is 287 g/mol. The number of rotatable bonds is 5. The molecule has 1 aliphatic carbocycles. The van der Waals surface area contributed by atoms with Gasteiger partial charge in [0.25, 0.3) is 0 Å². The molecule has 0 heterocycles. The zero-order chi connectivity index (χ0) is 14.8. The third-order valence-electron chi connectivity index (χ3n) is 4.33. The molecular formula is C18H19F2N. The predicted molar refractivity (Wildman–Crippen MR) is 80.2 cm³/mol. The second-order valence-electron chi connectivity index (χ2n) is 5.79. The molecule has 0 radical (unpaired) electrons. The summed E-state index contributed by atoms with van der Waals surface area (Å²) in [7, 11) is 1.92. The molecule has 0 aliphatic heterocycles. The maximum absolute atomic E-state index is 13.3. The zero-order valence-electron chi connectivity index (χ0n) is 12.0. The summed E-state index contributed by atoms with van der Waals surface area (Å²) >= 11 is 0. The first-order chi connectivity index (χ1) is 10.2. The van der Waals surface area contributed by atoms with Crippen molar-refractivity contribution in [3.63, 3.8) is 0 Å². The highest BCUT2D eigenvalue weighted by molar-refractivity contribution is 5.28. The number of nitrogens with one attached hydrogen (secondary N) is 1. The topological polar surface area (TPSA) is 12.0 Å². The molecule has 0 saturated heterocycles. The molecule has 3 atom stereocenters. The van der Waals surface area contributed by atoms with Gasteiger partial charge < -0.3 is 5.32 Å². The standard InChI is InChI=1S/C18H19F2N/c1-21-18(9-12-7-14(19)10-15(20)8-12)17-11-16(17)13-5-3-2-4-6-13/h2-8,10,16-18,21H,9,11H2,1H3. The van der Waals surface area contributed by atoms with E-state index in [1.165, 1.54) is 17.7 Å². The molecule has 1 aliphatic rings. The summed E-state index contributed by atoms with van der Waals surface area (Å²) in [5, 5.41) is 3.31.